The van der Waals surface area contributed by atoms with E-state index in [4.69, 9.17) is 5.53 Å². The number of benzene rings is 1. The molecule has 4 amide bonds. The van der Waals surface area contributed by atoms with Crippen LogP contribution < -0.4 is 10.6 Å². The van der Waals surface area contributed by atoms with Crippen LogP contribution in [0.5, 0.6) is 0 Å². The van der Waals surface area contributed by atoms with Gasteiger partial charge in [0.2, 0.25) is 11.8 Å². The number of azide groups is 1. The number of nitrogens with one attached hydrogen (secondary N) is 2. The maximum absolute atomic E-state index is 14.2. The Morgan fingerprint density at radius 2 is 1.96 bits per heavy atom. The Morgan fingerprint density at radius 3 is 2.62 bits per heavy atom. The van der Waals surface area contributed by atoms with Gasteiger partial charge in [-0.05, 0) is 24.1 Å². The maximum Gasteiger partial charge on any atom is 0.262 e. The molecule has 1 atom stereocenters. The molecule has 2 N–H and O–H groups in total. The zero-order chi connectivity index (χ0) is 18.8. The van der Waals surface area contributed by atoms with Crippen LogP contribution in [0, 0.1) is 5.82 Å². The molecule has 1 saturated heterocycles. The minimum Gasteiger partial charge on any atom is -0.383 e. The van der Waals surface area contributed by atoms with Crippen LogP contribution in [0.4, 0.5) is 10.1 Å². The standard InChI is InChI=1S/C15H13FN6O4/c16-9-5-7-8(6-10(9)18-3-4-19-21-17)15(26)22(14(7)25)11-1-2-12(23)20-13(11)24/h5-6,11,18H,1-4H2,(H,20,23,24). The molecular formula is C15H13FN6O4. The minimum absolute atomic E-state index is 0.00435. The third-order valence-electron chi connectivity index (χ3n) is 4.12. The lowest BCUT2D eigenvalue weighted by Gasteiger charge is -2.27. The van der Waals surface area contributed by atoms with Crippen molar-refractivity contribution in [1.29, 1.82) is 0 Å². The summed E-state index contributed by atoms with van der Waals surface area (Å²) >= 11 is 0. The fourth-order valence-corrected chi connectivity index (χ4v) is 2.91. The van der Waals surface area contributed by atoms with Gasteiger partial charge in [0.15, 0.2) is 0 Å². The van der Waals surface area contributed by atoms with E-state index >= 15 is 0 Å². The average molecular weight is 360 g/mol. The van der Waals surface area contributed by atoms with Gasteiger partial charge >= 0.3 is 0 Å². The van der Waals surface area contributed by atoms with Crippen molar-refractivity contribution >= 4 is 29.3 Å². The fraction of sp³-hybridized carbons (Fsp3) is 0.333. The van der Waals surface area contributed by atoms with Gasteiger partial charge in [-0.3, -0.25) is 29.4 Å². The second-order valence-electron chi connectivity index (χ2n) is 5.71. The molecule has 2 aliphatic rings. The molecule has 3 rings (SSSR count). The van der Waals surface area contributed by atoms with E-state index in [0.29, 0.717) is 0 Å². The summed E-state index contributed by atoms with van der Waals surface area (Å²) in [5.74, 6) is -3.46. The largest absolute Gasteiger partial charge is 0.383 e. The molecule has 134 valence electrons. The number of amides is 4. The molecule has 0 spiro atoms. The Kier molecular flexibility index (Phi) is 4.55. The zero-order valence-corrected chi connectivity index (χ0v) is 13.4. The van der Waals surface area contributed by atoms with Gasteiger partial charge in [-0.25, -0.2) is 4.39 Å². The predicted octanol–water partition coefficient (Wildman–Crippen LogP) is 0.949. The molecule has 0 bridgehead atoms. The Balaban J connectivity index is 1.86. The van der Waals surface area contributed by atoms with Crippen molar-refractivity contribution in [3.05, 3.63) is 39.5 Å². The highest BCUT2D eigenvalue weighted by Gasteiger charge is 2.45. The smallest absolute Gasteiger partial charge is 0.262 e. The fourth-order valence-electron chi connectivity index (χ4n) is 2.91. The summed E-state index contributed by atoms with van der Waals surface area (Å²) in [6.07, 6.45) is 0.0281. The number of imide groups is 2. The first-order chi connectivity index (χ1) is 12.4. The second-order valence-corrected chi connectivity index (χ2v) is 5.71. The van der Waals surface area contributed by atoms with Crippen LogP contribution in [0.3, 0.4) is 0 Å². The predicted molar refractivity (Wildman–Crippen MR) is 85.6 cm³/mol. The molecule has 1 aromatic rings. The number of nitrogens with zero attached hydrogens (tertiary/aromatic N) is 4. The van der Waals surface area contributed by atoms with E-state index in [-0.39, 0.29) is 42.7 Å². The Labute approximate surface area is 146 Å². The lowest BCUT2D eigenvalue weighted by Crippen LogP contribution is -2.54. The van der Waals surface area contributed by atoms with Crippen molar-refractivity contribution in [2.75, 3.05) is 18.4 Å². The number of halogens is 1. The molecular weight excluding hydrogens is 347 g/mol. The van der Waals surface area contributed by atoms with Gasteiger partial charge in [-0.1, -0.05) is 5.11 Å². The molecule has 1 unspecified atom stereocenters. The second kappa shape index (κ2) is 6.81. The van der Waals surface area contributed by atoms with Crippen molar-refractivity contribution in [2.45, 2.75) is 18.9 Å². The lowest BCUT2D eigenvalue weighted by molar-refractivity contribution is -0.136. The molecule has 10 nitrogen and oxygen atoms in total. The monoisotopic (exact) mass is 360 g/mol. The molecule has 0 saturated carbocycles. The van der Waals surface area contributed by atoms with E-state index in [2.05, 4.69) is 20.7 Å². The number of hydrogen-bond donors (Lipinski definition) is 2. The number of anilines is 1. The van der Waals surface area contributed by atoms with Crippen LogP contribution >= 0.6 is 0 Å². The van der Waals surface area contributed by atoms with Gasteiger partial charge in [-0.2, -0.15) is 0 Å². The molecule has 1 fully saturated rings. The summed E-state index contributed by atoms with van der Waals surface area (Å²) < 4.78 is 14.2. The summed E-state index contributed by atoms with van der Waals surface area (Å²) in [6.45, 7) is 0.209. The Morgan fingerprint density at radius 1 is 1.27 bits per heavy atom. The van der Waals surface area contributed by atoms with Crippen molar-refractivity contribution in [1.82, 2.24) is 10.2 Å². The van der Waals surface area contributed by atoms with Gasteiger partial charge in [0, 0.05) is 24.4 Å². The van der Waals surface area contributed by atoms with Crippen molar-refractivity contribution < 1.29 is 23.6 Å². The van der Waals surface area contributed by atoms with Crippen LogP contribution in [0.1, 0.15) is 33.6 Å². The first-order valence-electron chi connectivity index (χ1n) is 7.74. The van der Waals surface area contributed by atoms with Crippen LogP contribution in [0.25, 0.3) is 10.4 Å². The van der Waals surface area contributed by atoms with Crippen LogP contribution in [-0.2, 0) is 9.59 Å². The third kappa shape index (κ3) is 2.95. The summed E-state index contributed by atoms with van der Waals surface area (Å²) in [5.41, 5.74) is 8.01. The first-order valence-corrected chi connectivity index (χ1v) is 7.74. The maximum atomic E-state index is 14.2. The summed E-state index contributed by atoms with van der Waals surface area (Å²) in [5, 5.41) is 8.06. The van der Waals surface area contributed by atoms with Crippen molar-refractivity contribution in [3.8, 4) is 0 Å². The van der Waals surface area contributed by atoms with Gasteiger partial charge in [-0.15, -0.1) is 0 Å². The van der Waals surface area contributed by atoms with Crippen molar-refractivity contribution in [3.63, 3.8) is 0 Å². The van der Waals surface area contributed by atoms with Crippen LogP contribution in [-0.4, -0.2) is 47.7 Å². The Bertz CT molecular complexity index is 879. The molecule has 11 heteroatoms. The third-order valence-corrected chi connectivity index (χ3v) is 4.12. The molecule has 2 heterocycles. The van der Waals surface area contributed by atoms with E-state index in [1.165, 1.54) is 6.07 Å². The quantitative estimate of drug-likeness (QED) is 0.264. The van der Waals surface area contributed by atoms with Crippen LogP contribution in [0.15, 0.2) is 17.2 Å². The van der Waals surface area contributed by atoms with Gasteiger partial charge in [0.1, 0.15) is 11.9 Å². The first kappa shape index (κ1) is 17.4. The minimum atomic E-state index is -1.11. The average Bonchev–Trinajstić information content (AvgIpc) is 2.83. The normalized spacial score (nSPS) is 19.1. The number of piperidine rings is 1. The number of carbonyl (C=O) groups is 4. The molecule has 2 aliphatic heterocycles. The topological polar surface area (TPSA) is 144 Å². The van der Waals surface area contributed by atoms with Gasteiger partial charge < -0.3 is 5.32 Å². The van der Waals surface area contributed by atoms with E-state index < -0.39 is 35.5 Å². The molecule has 0 aromatic heterocycles. The molecule has 26 heavy (non-hydrogen) atoms. The highest BCUT2D eigenvalue weighted by Crippen LogP contribution is 2.31. The molecule has 1 aromatic carbocycles. The van der Waals surface area contributed by atoms with E-state index in [9.17, 15) is 23.6 Å². The van der Waals surface area contributed by atoms with Gasteiger partial charge in [0.05, 0.1) is 16.8 Å². The number of hydrogen-bond acceptors (Lipinski definition) is 6. The summed E-state index contributed by atoms with van der Waals surface area (Å²) in [6, 6.07) is 1.01. The zero-order valence-electron chi connectivity index (χ0n) is 13.4. The highest BCUT2D eigenvalue weighted by atomic mass is 19.1. The lowest BCUT2D eigenvalue weighted by atomic mass is 10.0. The van der Waals surface area contributed by atoms with E-state index in [1.54, 1.807) is 0 Å². The number of rotatable bonds is 5. The summed E-state index contributed by atoms with van der Waals surface area (Å²) in [4.78, 5) is 51.6. The van der Waals surface area contributed by atoms with Crippen molar-refractivity contribution in [2.24, 2.45) is 5.11 Å². The molecule has 0 radical (unpaired) electrons. The Hall–Kier alpha value is -3.46. The van der Waals surface area contributed by atoms with E-state index in [1.807, 2.05) is 0 Å². The SMILES string of the molecule is [N-]=[N+]=NCCNc1cc2c(cc1F)C(=O)N(C1CCC(=O)NC1=O)C2=O. The number of fused-ring (bicyclic) bond motifs is 1. The van der Waals surface area contributed by atoms with E-state index in [0.717, 1.165) is 11.0 Å². The molecule has 0 aliphatic carbocycles. The van der Waals surface area contributed by atoms with Crippen LogP contribution in [0.2, 0.25) is 0 Å². The summed E-state index contributed by atoms with van der Waals surface area (Å²) in [7, 11) is 0. The number of carbonyl (C=O) groups excluding carboxylic acids is 4. The highest BCUT2D eigenvalue weighted by molar-refractivity contribution is 6.23. The van der Waals surface area contributed by atoms with Gasteiger partial charge in [0.25, 0.3) is 11.8 Å².